The second-order valence-electron chi connectivity index (χ2n) is 14.7. The van der Waals surface area contributed by atoms with Gasteiger partial charge in [-0.05, 0) is 91.8 Å². The van der Waals surface area contributed by atoms with Crippen LogP contribution in [0.5, 0.6) is 0 Å². The van der Waals surface area contributed by atoms with Crippen LogP contribution in [0, 0.1) is 45.8 Å². The van der Waals surface area contributed by atoms with E-state index in [2.05, 4.69) is 44.5 Å². The molecule has 12 atom stereocenters. The van der Waals surface area contributed by atoms with Crippen molar-refractivity contribution in [3.63, 3.8) is 0 Å². The van der Waals surface area contributed by atoms with Gasteiger partial charge in [-0.2, -0.15) is 25.3 Å². The van der Waals surface area contributed by atoms with E-state index in [1.165, 1.54) is 0 Å². The third-order valence-corrected chi connectivity index (χ3v) is 13.7. The Morgan fingerprint density at radius 3 is 2.02 bits per heavy atom. The van der Waals surface area contributed by atoms with Crippen LogP contribution in [-0.4, -0.2) is 68.4 Å². The zero-order valence-electron chi connectivity index (χ0n) is 26.6. The van der Waals surface area contributed by atoms with Gasteiger partial charge in [-0.15, -0.1) is 0 Å². The van der Waals surface area contributed by atoms with Crippen LogP contribution in [0.4, 0.5) is 0 Å². The Balaban J connectivity index is 1.80. The predicted molar refractivity (Wildman–Crippen MR) is 164 cm³/mol. The summed E-state index contributed by atoms with van der Waals surface area (Å²) < 4.78 is 115. The highest BCUT2D eigenvalue weighted by Crippen LogP contribution is 2.72. The van der Waals surface area contributed by atoms with Crippen LogP contribution >= 0.6 is 0 Å². The van der Waals surface area contributed by atoms with Gasteiger partial charge in [-0.3, -0.25) is 13.7 Å². The molecule has 12 unspecified atom stereocenters. The zero-order valence-corrected chi connectivity index (χ0v) is 29.1. The maximum atomic E-state index is 12.1. The first-order chi connectivity index (χ1) is 20.3. The van der Waals surface area contributed by atoms with Crippen molar-refractivity contribution in [1.82, 2.24) is 0 Å². The largest absolute Gasteiger partial charge is 0.397 e. The Hall–Kier alpha value is -0.950. The maximum Gasteiger partial charge on any atom is 0.397 e. The smallest absolute Gasteiger partial charge is 0.390 e. The summed E-state index contributed by atoms with van der Waals surface area (Å²) in [4.78, 5) is 0. The first-order valence-electron chi connectivity index (χ1n) is 15.3. The predicted octanol–water partition coefficient (Wildman–Crippen LogP) is 4.34. The number of hydrogen-bond donors (Lipinski definition) is 4. The van der Waals surface area contributed by atoms with E-state index >= 15 is 0 Å². The van der Waals surface area contributed by atoms with Gasteiger partial charge in [-0.25, -0.2) is 12.5 Å². The van der Waals surface area contributed by atoms with Crippen molar-refractivity contribution in [3.05, 3.63) is 23.8 Å². The highest BCUT2D eigenvalue weighted by atomic mass is 32.3. The summed E-state index contributed by atoms with van der Waals surface area (Å²) in [5, 5.41) is 11.5. The van der Waals surface area contributed by atoms with Gasteiger partial charge in [0.1, 0.15) is 12.2 Å². The fraction of sp³-hybridized carbons (Fsp3) is 0.862. The molecule has 3 saturated carbocycles. The van der Waals surface area contributed by atoms with Gasteiger partial charge in [0.15, 0.2) is 0 Å². The number of fused-ring (bicyclic) bond motifs is 5. The number of rotatable bonds is 11. The van der Waals surface area contributed by atoms with Crippen LogP contribution < -0.4 is 0 Å². The highest BCUT2D eigenvalue weighted by Gasteiger charge is 2.68. The number of allylic oxidation sites excluding steroid dienone is 3. The topological polar surface area (TPSA) is 211 Å². The molecule has 0 saturated heterocycles. The van der Waals surface area contributed by atoms with Crippen LogP contribution in [0.25, 0.3) is 0 Å². The van der Waals surface area contributed by atoms with Crippen LogP contribution in [0.15, 0.2) is 23.8 Å². The van der Waals surface area contributed by atoms with Crippen molar-refractivity contribution in [2.75, 3.05) is 0 Å². The van der Waals surface area contributed by atoms with Crippen LogP contribution in [0.1, 0.15) is 86.5 Å². The molecule has 4 N–H and O–H groups in total. The molecule has 16 heteroatoms. The van der Waals surface area contributed by atoms with E-state index < -0.39 is 72.4 Å². The van der Waals surface area contributed by atoms with Gasteiger partial charge >= 0.3 is 31.2 Å². The normalized spacial score (nSPS) is 41.7. The molecule has 0 aliphatic heterocycles. The van der Waals surface area contributed by atoms with Crippen molar-refractivity contribution >= 4 is 31.2 Å². The molecule has 4 rings (SSSR count). The molecule has 0 bridgehead atoms. The molecule has 0 spiro atoms. The quantitative estimate of drug-likeness (QED) is 0.175. The molecule has 0 aromatic carbocycles. The SMILES string of the molecule is C=C(C)C(C)CCC(C)C1CCC2(C)C3CC(OS(=O)(=O)O)C4C(O)C(OS(=O)(=O)O)C(OS(=O)(=O)O)CC4(C)C3=CCC12C. The van der Waals surface area contributed by atoms with Crippen molar-refractivity contribution in [2.24, 2.45) is 45.8 Å². The van der Waals surface area contributed by atoms with Crippen LogP contribution in [0.3, 0.4) is 0 Å². The van der Waals surface area contributed by atoms with E-state index in [0.29, 0.717) is 24.2 Å². The van der Waals surface area contributed by atoms with Gasteiger partial charge in [0.2, 0.25) is 0 Å². The van der Waals surface area contributed by atoms with Crippen molar-refractivity contribution in [1.29, 1.82) is 0 Å². The monoisotopic (exact) mass is 700 g/mol. The van der Waals surface area contributed by atoms with Crippen molar-refractivity contribution in [3.8, 4) is 0 Å². The summed E-state index contributed by atoms with van der Waals surface area (Å²) in [5.41, 5.74) is 0.0707. The van der Waals surface area contributed by atoms with Crippen molar-refractivity contribution in [2.45, 2.75) is 111 Å². The first-order valence-corrected chi connectivity index (χ1v) is 19.4. The average molecular weight is 701 g/mol. The minimum Gasteiger partial charge on any atom is -0.390 e. The van der Waals surface area contributed by atoms with Gasteiger partial charge in [0.05, 0.1) is 12.2 Å². The summed E-state index contributed by atoms with van der Waals surface area (Å²) in [6.45, 7) is 16.6. The highest BCUT2D eigenvalue weighted by molar-refractivity contribution is 7.81. The molecule has 0 radical (unpaired) electrons. The molecule has 0 heterocycles. The summed E-state index contributed by atoms with van der Waals surface area (Å²) in [5.74, 6) is -0.461. The lowest BCUT2D eigenvalue weighted by atomic mass is 9.43. The Morgan fingerprint density at radius 1 is 0.933 bits per heavy atom. The average Bonchev–Trinajstić information content (AvgIpc) is 3.13. The number of aliphatic hydroxyl groups excluding tert-OH is 1. The Bertz CT molecular complexity index is 1520. The third kappa shape index (κ3) is 7.10. The molecule has 3 fully saturated rings. The van der Waals surface area contributed by atoms with E-state index in [-0.39, 0.29) is 24.2 Å². The zero-order chi connectivity index (χ0) is 34.1. The summed E-state index contributed by atoms with van der Waals surface area (Å²) in [6, 6.07) is 0. The van der Waals surface area contributed by atoms with E-state index in [1.54, 1.807) is 6.92 Å². The van der Waals surface area contributed by atoms with Gasteiger partial charge in [0.25, 0.3) is 0 Å². The third-order valence-electron chi connectivity index (χ3n) is 12.3. The molecule has 0 amide bonds. The van der Waals surface area contributed by atoms with Crippen LogP contribution in [0.2, 0.25) is 0 Å². The second-order valence-corrected chi connectivity index (χ2v) is 17.8. The molecule has 260 valence electrons. The Kier molecular flexibility index (Phi) is 9.98. The minimum atomic E-state index is -5.28. The fourth-order valence-electron chi connectivity index (χ4n) is 9.69. The van der Waals surface area contributed by atoms with E-state index in [1.807, 2.05) is 6.92 Å². The van der Waals surface area contributed by atoms with Gasteiger partial charge in [0, 0.05) is 5.92 Å². The van der Waals surface area contributed by atoms with Crippen LogP contribution in [-0.2, 0) is 43.7 Å². The Morgan fingerprint density at radius 2 is 1.49 bits per heavy atom. The molecular formula is C29H48O13S3. The maximum absolute atomic E-state index is 12.1. The molecule has 0 aromatic heterocycles. The fourth-order valence-corrected chi connectivity index (χ4v) is 11.2. The van der Waals surface area contributed by atoms with E-state index in [0.717, 1.165) is 36.8 Å². The molecule has 4 aliphatic rings. The van der Waals surface area contributed by atoms with Gasteiger partial charge < -0.3 is 5.11 Å². The standard InChI is InChI=1S/C29H48O13S3/c1-16(2)17(3)8-9-18(4)19-10-12-29(7)21-14-22(40-43(31,32)33)24-25(30)26(42-45(37,38)39)23(41-44(34,35)36)15-27(24,5)20(21)11-13-28(19,29)6/h11,17-19,21-26,30H,1,8-10,12-15H2,2-7H3,(H,31,32,33)(H,34,35,36)(H,37,38,39). The number of hydrogen-bond acceptors (Lipinski definition) is 10. The lowest BCUT2D eigenvalue weighted by Crippen LogP contribution is -2.65. The molecule has 0 aromatic rings. The first kappa shape index (κ1) is 36.9. The summed E-state index contributed by atoms with van der Waals surface area (Å²) in [6.07, 6.45) is -1.06. The Labute approximate surface area is 267 Å². The number of aliphatic hydroxyl groups is 1. The second kappa shape index (κ2) is 12.2. The molecule has 4 aliphatic carbocycles. The van der Waals surface area contributed by atoms with E-state index in [4.69, 9.17) is 8.37 Å². The lowest BCUT2D eigenvalue weighted by Gasteiger charge is -2.63. The van der Waals surface area contributed by atoms with Gasteiger partial charge in [-0.1, -0.05) is 58.4 Å². The summed E-state index contributed by atoms with van der Waals surface area (Å²) >= 11 is 0. The summed E-state index contributed by atoms with van der Waals surface area (Å²) in [7, 11) is -15.6. The van der Waals surface area contributed by atoms with E-state index in [9.17, 15) is 44.0 Å². The minimum absolute atomic E-state index is 0.0469. The molecule has 13 nitrogen and oxygen atoms in total. The van der Waals surface area contributed by atoms with Crippen molar-refractivity contribution < 1.29 is 56.6 Å². The lowest BCUT2D eigenvalue weighted by molar-refractivity contribution is -0.179. The molecule has 45 heavy (non-hydrogen) atoms. The molecular weight excluding hydrogens is 653 g/mol.